The molecule has 0 amide bonds. The number of rotatable bonds is 5. The van der Waals surface area contributed by atoms with Crippen molar-refractivity contribution in [3.05, 3.63) is 29.0 Å². The molecule has 20 heavy (non-hydrogen) atoms. The van der Waals surface area contributed by atoms with Gasteiger partial charge in [-0.05, 0) is 46.0 Å². The Kier molecular flexibility index (Phi) is 4.95. The smallest absolute Gasteiger partial charge is 0.127 e. The Hall–Kier alpha value is -0.770. The number of aromatic nitrogens is 2. The molecule has 5 heteroatoms. The average Bonchev–Trinajstić information content (AvgIpc) is 2.73. The fourth-order valence-corrected chi connectivity index (χ4v) is 2.51. The van der Waals surface area contributed by atoms with Crippen molar-refractivity contribution in [2.45, 2.75) is 38.7 Å². The normalized spacial score (nSPS) is 13.6. The summed E-state index contributed by atoms with van der Waals surface area (Å²) in [6.45, 7) is 8.17. The van der Waals surface area contributed by atoms with E-state index >= 15 is 0 Å². The lowest BCUT2D eigenvalue weighted by atomic mass is 10.3. The van der Waals surface area contributed by atoms with Gasteiger partial charge in [0.05, 0.1) is 16.4 Å². The summed E-state index contributed by atoms with van der Waals surface area (Å²) < 4.78 is 2.20. The van der Waals surface area contributed by atoms with Crippen LogP contribution in [0.25, 0.3) is 11.0 Å². The fourth-order valence-electron chi connectivity index (χ4n) is 2.18. The van der Waals surface area contributed by atoms with Gasteiger partial charge in [-0.2, -0.15) is 0 Å². The Bertz CT molecular complexity index is 590. The molecule has 0 radical (unpaired) electrons. The minimum absolute atomic E-state index is 0.120. The summed E-state index contributed by atoms with van der Waals surface area (Å²) in [5.74, 6) is 0.904. The van der Waals surface area contributed by atoms with E-state index in [1.807, 2.05) is 25.1 Å². The minimum Gasteiger partial charge on any atom is -0.325 e. The second kappa shape index (κ2) is 6.33. The number of hydrogen-bond acceptors (Lipinski definition) is 2. The first-order valence-electron chi connectivity index (χ1n) is 6.90. The zero-order valence-electron chi connectivity index (χ0n) is 12.4. The van der Waals surface area contributed by atoms with Gasteiger partial charge in [0.15, 0.2) is 0 Å². The number of imidazole rings is 1. The number of alkyl halides is 1. The molecule has 0 aliphatic heterocycles. The van der Waals surface area contributed by atoms with Crippen molar-refractivity contribution in [1.82, 2.24) is 14.5 Å². The molecule has 0 fully saturated rings. The lowest BCUT2D eigenvalue weighted by molar-refractivity contribution is 0.263. The number of halogens is 2. The first-order valence-corrected chi connectivity index (χ1v) is 7.71. The summed E-state index contributed by atoms with van der Waals surface area (Å²) in [6.07, 6.45) is 0. The maximum Gasteiger partial charge on any atom is 0.127 e. The van der Waals surface area contributed by atoms with E-state index in [9.17, 15) is 0 Å². The topological polar surface area (TPSA) is 21.1 Å². The number of hydrogen-bond donors (Lipinski definition) is 0. The maximum atomic E-state index is 6.27. The van der Waals surface area contributed by atoms with Crippen LogP contribution in [0.3, 0.4) is 0 Å². The first-order chi connectivity index (χ1) is 9.40. The van der Waals surface area contributed by atoms with Crippen molar-refractivity contribution in [3.8, 4) is 0 Å². The standard InChI is InChI=1S/C15H21Cl2N3/c1-10(2)19(4)7-8-20-14-6-5-12(17)9-13(14)18-15(20)11(3)16/h5-6,9-11H,7-8H2,1-4H3. The van der Waals surface area contributed by atoms with Crippen molar-refractivity contribution in [1.29, 1.82) is 0 Å². The fraction of sp³-hybridized carbons (Fsp3) is 0.533. The minimum atomic E-state index is -0.120. The molecule has 1 unspecified atom stereocenters. The van der Waals surface area contributed by atoms with E-state index < -0.39 is 0 Å². The van der Waals surface area contributed by atoms with Gasteiger partial charge in [-0.25, -0.2) is 4.98 Å². The molecule has 2 rings (SSSR count). The SMILES string of the molecule is CC(Cl)c1nc2cc(Cl)ccc2n1CCN(C)C(C)C. The van der Waals surface area contributed by atoms with Crippen LogP contribution in [0.15, 0.2) is 18.2 Å². The molecule has 2 aromatic rings. The van der Waals surface area contributed by atoms with E-state index in [1.54, 1.807) is 0 Å². The van der Waals surface area contributed by atoms with E-state index in [4.69, 9.17) is 23.2 Å². The van der Waals surface area contributed by atoms with Gasteiger partial charge >= 0.3 is 0 Å². The lowest BCUT2D eigenvalue weighted by Crippen LogP contribution is -2.30. The molecular formula is C15H21Cl2N3. The van der Waals surface area contributed by atoms with E-state index in [-0.39, 0.29) is 5.38 Å². The van der Waals surface area contributed by atoms with Crippen LogP contribution in [0.1, 0.15) is 32.0 Å². The van der Waals surface area contributed by atoms with Gasteiger partial charge in [-0.3, -0.25) is 0 Å². The third-order valence-corrected chi connectivity index (χ3v) is 4.08. The lowest BCUT2D eigenvalue weighted by Gasteiger charge is -2.22. The number of fused-ring (bicyclic) bond motifs is 1. The molecule has 0 saturated carbocycles. The first kappa shape index (κ1) is 15.6. The van der Waals surface area contributed by atoms with Crippen LogP contribution in [-0.4, -0.2) is 34.1 Å². The Labute approximate surface area is 130 Å². The van der Waals surface area contributed by atoms with E-state index in [1.165, 1.54) is 0 Å². The highest BCUT2D eigenvalue weighted by molar-refractivity contribution is 6.31. The van der Waals surface area contributed by atoms with Crippen LogP contribution >= 0.6 is 23.2 Å². The zero-order valence-corrected chi connectivity index (χ0v) is 13.9. The van der Waals surface area contributed by atoms with Crippen molar-refractivity contribution in [2.24, 2.45) is 0 Å². The Balaban J connectivity index is 2.36. The molecule has 0 saturated heterocycles. The summed E-state index contributed by atoms with van der Waals surface area (Å²) in [7, 11) is 2.13. The summed E-state index contributed by atoms with van der Waals surface area (Å²) in [5.41, 5.74) is 2.00. The second-order valence-electron chi connectivity index (χ2n) is 5.45. The van der Waals surface area contributed by atoms with Crippen LogP contribution in [0.5, 0.6) is 0 Å². The highest BCUT2D eigenvalue weighted by atomic mass is 35.5. The van der Waals surface area contributed by atoms with Crippen LogP contribution in [0.4, 0.5) is 0 Å². The molecule has 3 nitrogen and oxygen atoms in total. The van der Waals surface area contributed by atoms with Gasteiger partial charge in [0, 0.05) is 24.2 Å². The van der Waals surface area contributed by atoms with Crippen molar-refractivity contribution >= 4 is 34.2 Å². The van der Waals surface area contributed by atoms with Crippen LogP contribution in [-0.2, 0) is 6.54 Å². The quantitative estimate of drug-likeness (QED) is 0.766. The summed E-state index contributed by atoms with van der Waals surface area (Å²) in [6, 6.07) is 6.33. The summed E-state index contributed by atoms with van der Waals surface area (Å²) in [5, 5.41) is 0.584. The molecule has 1 atom stereocenters. The molecule has 0 aliphatic carbocycles. The molecular weight excluding hydrogens is 293 g/mol. The highest BCUT2D eigenvalue weighted by Crippen LogP contribution is 2.26. The zero-order chi connectivity index (χ0) is 14.9. The third kappa shape index (κ3) is 3.27. The molecule has 1 aromatic heterocycles. The van der Waals surface area contributed by atoms with Gasteiger partial charge in [-0.1, -0.05) is 11.6 Å². The highest BCUT2D eigenvalue weighted by Gasteiger charge is 2.15. The molecule has 1 heterocycles. The number of nitrogens with zero attached hydrogens (tertiary/aromatic N) is 3. The monoisotopic (exact) mass is 313 g/mol. The molecule has 0 aliphatic rings. The van der Waals surface area contributed by atoms with Gasteiger partial charge in [0.2, 0.25) is 0 Å². The average molecular weight is 314 g/mol. The van der Waals surface area contributed by atoms with Gasteiger partial charge in [0.25, 0.3) is 0 Å². The van der Waals surface area contributed by atoms with Gasteiger partial charge < -0.3 is 9.47 Å². The summed E-state index contributed by atoms with van der Waals surface area (Å²) in [4.78, 5) is 6.93. The second-order valence-corrected chi connectivity index (χ2v) is 6.54. The molecule has 0 N–H and O–H groups in total. The molecule has 110 valence electrons. The van der Waals surface area contributed by atoms with E-state index in [2.05, 4.69) is 35.3 Å². The Morgan fingerprint density at radius 3 is 2.60 bits per heavy atom. The third-order valence-electron chi connectivity index (χ3n) is 3.65. The van der Waals surface area contributed by atoms with Crippen molar-refractivity contribution < 1.29 is 0 Å². The maximum absolute atomic E-state index is 6.27. The van der Waals surface area contributed by atoms with Crippen molar-refractivity contribution in [3.63, 3.8) is 0 Å². The van der Waals surface area contributed by atoms with Crippen LogP contribution < -0.4 is 0 Å². The predicted molar refractivity (Wildman–Crippen MR) is 86.8 cm³/mol. The van der Waals surface area contributed by atoms with Crippen LogP contribution in [0, 0.1) is 0 Å². The van der Waals surface area contributed by atoms with Gasteiger partial charge in [0.1, 0.15) is 5.82 Å². The number of likely N-dealkylation sites (N-methyl/N-ethyl adjacent to an activating group) is 1. The van der Waals surface area contributed by atoms with Gasteiger partial charge in [-0.15, -0.1) is 11.6 Å². The summed E-state index contributed by atoms with van der Waals surface area (Å²) >= 11 is 12.3. The molecule has 0 bridgehead atoms. The molecule has 0 spiro atoms. The van der Waals surface area contributed by atoms with E-state index in [0.717, 1.165) is 29.9 Å². The Morgan fingerprint density at radius 1 is 1.30 bits per heavy atom. The largest absolute Gasteiger partial charge is 0.325 e. The number of benzene rings is 1. The van der Waals surface area contributed by atoms with Crippen molar-refractivity contribution in [2.75, 3.05) is 13.6 Å². The molecule has 1 aromatic carbocycles. The van der Waals surface area contributed by atoms with E-state index in [0.29, 0.717) is 11.1 Å². The van der Waals surface area contributed by atoms with Crippen LogP contribution in [0.2, 0.25) is 5.02 Å². The predicted octanol–water partition coefficient (Wildman–Crippen LogP) is 4.33. The Morgan fingerprint density at radius 2 is 2.00 bits per heavy atom.